The minimum absolute atomic E-state index is 0.531. The van der Waals surface area contributed by atoms with Gasteiger partial charge in [-0.25, -0.2) is 0 Å². The molecule has 66 valence electrons. The van der Waals surface area contributed by atoms with Gasteiger partial charge in [0, 0.05) is 5.56 Å². The highest BCUT2D eigenvalue weighted by Gasteiger charge is 2.21. The van der Waals surface area contributed by atoms with Crippen molar-refractivity contribution < 1.29 is 14.5 Å². The average Bonchev–Trinajstić information content (AvgIpc) is 2.49. The standard InChI is InChI=1S/C9H9BO3/c1-6-4-13-5-7-2-3-8(9(6)7)10(11)12/h2-5,11-12H,1H3. The molecule has 1 aliphatic carbocycles. The Balaban J connectivity index is 2.68. The van der Waals surface area contributed by atoms with Gasteiger partial charge < -0.3 is 14.5 Å². The van der Waals surface area contributed by atoms with Gasteiger partial charge in [-0.05, 0) is 23.5 Å². The molecule has 0 fully saturated rings. The summed E-state index contributed by atoms with van der Waals surface area (Å²) in [5.74, 6) is 0. The molecule has 0 bridgehead atoms. The van der Waals surface area contributed by atoms with E-state index in [4.69, 9.17) is 14.5 Å². The van der Waals surface area contributed by atoms with Crippen LogP contribution < -0.4 is 5.46 Å². The number of aryl methyl sites for hydroxylation is 1. The molecule has 1 aliphatic heterocycles. The summed E-state index contributed by atoms with van der Waals surface area (Å²) in [5, 5.41) is 18.1. The molecular weight excluding hydrogens is 167 g/mol. The lowest BCUT2D eigenvalue weighted by Gasteiger charge is -2.05. The maximum absolute atomic E-state index is 9.06. The lowest BCUT2D eigenvalue weighted by atomic mass is 9.78. The molecule has 0 radical (unpaired) electrons. The van der Waals surface area contributed by atoms with E-state index >= 15 is 0 Å². The number of rotatable bonds is 1. The van der Waals surface area contributed by atoms with Crippen LogP contribution in [0.2, 0.25) is 0 Å². The smallest absolute Gasteiger partial charge is 0.472 e. The Labute approximate surface area is 76.1 Å². The summed E-state index contributed by atoms with van der Waals surface area (Å²) in [6.07, 6.45) is 3.18. The summed E-state index contributed by atoms with van der Waals surface area (Å²) in [6.45, 7) is 1.87. The summed E-state index contributed by atoms with van der Waals surface area (Å²) in [5.41, 5.74) is 3.19. The fourth-order valence-corrected chi connectivity index (χ4v) is 1.55. The maximum Gasteiger partial charge on any atom is 0.489 e. The number of fused-ring (bicyclic) bond motifs is 1. The first kappa shape index (κ1) is 8.35. The van der Waals surface area contributed by atoms with Gasteiger partial charge in [-0.3, -0.25) is 0 Å². The van der Waals surface area contributed by atoms with Crippen LogP contribution in [0.15, 0.2) is 29.1 Å². The monoisotopic (exact) mass is 176 g/mol. The topological polar surface area (TPSA) is 53.6 Å². The molecule has 1 heterocycles. The van der Waals surface area contributed by atoms with Crippen molar-refractivity contribution in [3.8, 4) is 11.1 Å². The number of hydrogen-bond donors (Lipinski definition) is 2. The van der Waals surface area contributed by atoms with E-state index in [2.05, 4.69) is 0 Å². The van der Waals surface area contributed by atoms with Crippen LogP contribution in [0, 0.1) is 6.92 Å². The molecule has 13 heavy (non-hydrogen) atoms. The zero-order chi connectivity index (χ0) is 9.42. The van der Waals surface area contributed by atoms with Crippen molar-refractivity contribution in [2.75, 3.05) is 0 Å². The SMILES string of the molecule is Cc1cocc2ccc(B(O)O)c1-2. The molecule has 0 saturated carbocycles. The highest BCUT2D eigenvalue weighted by molar-refractivity contribution is 6.60. The second-order valence-electron chi connectivity index (χ2n) is 3.05. The Morgan fingerprint density at radius 1 is 1.23 bits per heavy atom. The largest absolute Gasteiger partial charge is 0.489 e. The normalized spacial score (nSPS) is 10.7. The van der Waals surface area contributed by atoms with Crippen molar-refractivity contribution in [1.82, 2.24) is 0 Å². The van der Waals surface area contributed by atoms with E-state index in [-0.39, 0.29) is 0 Å². The molecule has 4 heteroatoms. The fraction of sp³-hybridized carbons (Fsp3) is 0.111. The molecule has 0 aromatic heterocycles. The van der Waals surface area contributed by atoms with Crippen molar-refractivity contribution in [1.29, 1.82) is 0 Å². The Bertz CT molecular complexity index is 394. The first-order valence-corrected chi connectivity index (χ1v) is 4.01. The Kier molecular flexibility index (Phi) is 1.86. The summed E-state index contributed by atoms with van der Waals surface area (Å²) in [6, 6.07) is 3.50. The van der Waals surface area contributed by atoms with Gasteiger partial charge in [-0.1, -0.05) is 12.1 Å². The molecule has 0 aromatic carbocycles. The number of hydrogen-bond acceptors (Lipinski definition) is 3. The zero-order valence-corrected chi connectivity index (χ0v) is 7.19. The first-order chi connectivity index (χ1) is 6.20. The molecule has 0 amide bonds. The molecule has 0 atom stereocenters. The highest BCUT2D eigenvalue weighted by Crippen LogP contribution is 2.24. The third-order valence-electron chi connectivity index (χ3n) is 2.13. The third kappa shape index (κ3) is 1.24. The Hall–Kier alpha value is -1.26. The van der Waals surface area contributed by atoms with E-state index in [0.717, 1.165) is 16.7 Å². The summed E-state index contributed by atoms with van der Waals surface area (Å²) >= 11 is 0. The molecule has 3 nitrogen and oxygen atoms in total. The van der Waals surface area contributed by atoms with E-state index in [1.54, 1.807) is 24.7 Å². The molecule has 2 rings (SSSR count). The van der Waals surface area contributed by atoms with Gasteiger partial charge in [0.15, 0.2) is 0 Å². The van der Waals surface area contributed by atoms with E-state index in [1.165, 1.54) is 0 Å². The Morgan fingerprint density at radius 3 is 2.69 bits per heavy atom. The Morgan fingerprint density at radius 2 is 2.00 bits per heavy atom. The van der Waals surface area contributed by atoms with E-state index in [0.29, 0.717) is 5.46 Å². The van der Waals surface area contributed by atoms with Gasteiger partial charge >= 0.3 is 7.12 Å². The molecule has 2 aliphatic rings. The van der Waals surface area contributed by atoms with Crippen LogP contribution in [-0.2, 0) is 0 Å². The third-order valence-corrected chi connectivity index (χ3v) is 2.13. The van der Waals surface area contributed by atoms with Crippen LogP contribution in [0.25, 0.3) is 11.1 Å². The predicted molar refractivity (Wildman–Crippen MR) is 49.9 cm³/mol. The average molecular weight is 176 g/mol. The van der Waals surface area contributed by atoms with Crippen LogP contribution >= 0.6 is 0 Å². The van der Waals surface area contributed by atoms with Gasteiger partial charge in [0.25, 0.3) is 0 Å². The highest BCUT2D eigenvalue weighted by atomic mass is 16.4. The van der Waals surface area contributed by atoms with Gasteiger partial charge in [0.05, 0.1) is 12.5 Å². The first-order valence-electron chi connectivity index (χ1n) is 4.01. The van der Waals surface area contributed by atoms with Crippen molar-refractivity contribution >= 4 is 12.6 Å². The van der Waals surface area contributed by atoms with Crippen LogP contribution in [0.5, 0.6) is 0 Å². The van der Waals surface area contributed by atoms with Crippen molar-refractivity contribution in [3.05, 3.63) is 30.2 Å². The molecule has 0 aromatic rings. The molecule has 0 saturated heterocycles. The minimum Gasteiger partial charge on any atom is -0.472 e. The quantitative estimate of drug-likeness (QED) is 0.617. The maximum atomic E-state index is 9.06. The minimum atomic E-state index is -1.42. The van der Waals surface area contributed by atoms with E-state index in [9.17, 15) is 0 Å². The van der Waals surface area contributed by atoms with E-state index < -0.39 is 7.12 Å². The van der Waals surface area contributed by atoms with Crippen LogP contribution in [0.4, 0.5) is 0 Å². The molecular formula is C9H9BO3. The van der Waals surface area contributed by atoms with Crippen molar-refractivity contribution in [2.24, 2.45) is 0 Å². The zero-order valence-electron chi connectivity index (χ0n) is 7.19. The lowest BCUT2D eigenvalue weighted by molar-refractivity contribution is 0.426. The molecule has 0 unspecified atom stereocenters. The summed E-state index contributed by atoms with van der Waals surface area (Å²) in [4.78, 5) is 0. The van der Waals surface area contributed by atoms with Crippen molar-refractivity contribution in [3.63, 3.8) is 0 Å². The second kappa shape index (κ2) is 2.90. The van der Waals surface area contributed by atoms with Crippen LogP contribution in [0.3, 0.4) is 0 Å². The molecule has 2 N–H and O–H groups in total. The fourth-order valence-electron chi connectivity index (χ4n) is 1.55. The molecule has 0 spiro atoms. The lowest BCUT2D eigenvalue weighted by Crippen LogP contribution is -2.30. The predicted octanol–water partition coefficient (Wildman–Crippen LogP) is 0.373. The van der Waals surface area contributed by atoms with Gasteiger partial charge in [-0.2, -0.15) is 0 Å². The van der Waals surface area contributed by atoms with Crippen LogP contribution in [0.1, 0.15) is 5.56 Å². The van der Waals surface area contributed by atoms with E-state index in [1.807, 2.05) is 6.92 Å². The van der Waals surface area contributed by atoms with Gasteiger partial charge in [-0.15, -0.1) is 0 Å². The van der Waals surface area contributed by atoms with Crippen LogP contribution in [-0.4, -0.2) is 17.2 Å². The van der Waals surface area contributed by atoms with Crippen molar-refractivity contribution in [2.45, 2.75) is 6.92 Å². The summed E-state index contributed by atoms with van der Waals surface area (Å²) in [7, 11) is -1.42. The second-order valence-corrected chi connectivity index (χ2v) is 3.05. The summed E-state index contributed by atoms with van der Waals surface area (Å²) < 4.78 is 5.05. The van der Waals surface area contributed by atoms with Gasteiger partial charge in [0.2, 0.25) is 0 Å². The van der Waals surface area contributed by atoms with Gasteiger partial charge in [0.1, 0.15) is 0 Å².